The molecule has 0 radical (unpaired) electrons. The van der Waals surface area contributed by atoms with Crippen LogP contribution in [0.2, 0.25) is 0 Å². The first-order valence-electron chi connectivity index (χ1n) is 11.5. The number of amides is 4. The molecule has 200 valence electrons. The molecule has 36 heavy (non-hydrogen) atoms. The average molecular weight is 509 g/mol. The molecule has 0 spiro atoms. The second-order valence-corrected chi connectivity index (χ2v) is 9.03. The third-order valence-electron chi connectivity index (χ3n) is 4.80. The summed E-state index contributed by atoms with van der Waals surface area (Å²) >= 11 is 0. The van der Waals surface area contributed by atoms with E-state index in [1.54, 1.807) is 27.7 Å². The van der Waals surface area contributed by atoms with Gasteiger partial charge in [-0.2, -0.15) is 0 Å². The molecular weight excluding hydrogens is 472 g/mol. The Morgan fingerprint density at radius 1 is 1.17 bits per heavy atom. The number of carbonyl (C=O) groups is 5. The Morgan fingerprint density at radius 2 is 1.83 bits per heavy atom. The lowest BCUT2D eigenvalue weighted by molar-refractivity contribution is -0.144. The maximum absolute atomic E-state index is 13.7. The van der Waals surface area contributed by atoms with E-state index >= 15 is 0 Å². The largest absolute Gasteiger partial charge is 0.508 e. The highest BCUT2D eigenvalue weighted by Gasteiger charge is 2.36. The number of nitrogens with two attached hydrogens (primary N) is 1. The molecule has 0 bridgehead atoms. The summed E-state index contributed by atoms with van der Waals surface area (Å²) in [6.45, 7) is 6.37. The number of hydrogen-bond acceptors (Lipinski definition) is 8. The summed E-state index contributed by atoms with van der Waals surface area (Å²) in [4.78, 5) is 63.6. The van der Waals surface area contributed by atoms with Crippen LogP contribution < -0.4 is 16.4 Å². The molecule has 0 fully saturated rings. The molecule has 0 aliphatic carbocycles. The zero-order valence-corrected chi connectivity index (χ0v) is 21.3. The Morgan fingerprint density at radius 3 is 2.36 bits per heavy atom. The zero-order valence-electron chi connectivity index (χ0n) is 21.3. The lowest BCUT2D eigenvalue weighted by Crippen LogP contribution is -2.53. The summed E-state index contributed by atoms with van der Waals surface area (Å²) in [5.74, 6) is -2.90. The van der Waals surface area contributed by atoms with Crippen LogP contribution >= 0.6 is 0 Å². The fourth-order valence-electron chi connectivity index (χ4n) is 3.30. The molecule has 12 heteroatoms. The van der Waals surface area contributed by atoms with Crippen LogP contribution in [0.15, 0.2) is 24.3 Å². The SMILES string of the molecule is CCCN(C(=O)C(CCC(N)=O)NC(=O)OC(C)(C)C)C(C(=O)NCC(=O)OC)c1cccc(O)c1. The minimum atomic E-state index is -1.27. The van der Waals surface area contributed by atoms with Gasteiger partial charge in [0, 0.05) is 13.0 Å². The second-order valence-electron chi connectivity index (χ2n) is 9.03. The first kappa shape index (κ1) is 30.2. The second kappa shape index (κ2) is 13.9. The number of nitrogens with zero attached hydrogens (tertiary/aromatic N) is 1. The maximum Gasteiger partial charge on any atom is 0.408 e. The van der Waals surface area contributed by atoms with Crippen molar-refractivity contribution in [2.45, 2.75) is 64.6 Å². The molecule has 0 saturated heterocycles. The van der Waals surface area contributed by atoms with Crippen LogP contribution in [0.5, 0.6) is 5.75 Å². The van der Waals surface area contributed by atoms with Gasteiger partial charge in [-0.25, -0.2) is 4.79 Å². The zero-order chi connectivity index (χ0) is 27.5. The number of methoxy groups -OCH3 is 1. The molecule has 2 unspecified atom stereocenters. The summed E-state index contributed by atoms with van der Waals surface area (Å²) in [5.41, 5.74) is 4.69. The first-order valence-corrected chi connectivity index (χ1v) is 11.5. The Hall–Kier alpha value is -3.83. The average Bonchev–Trinajstić information content (AvgIpc) is 2.78. The summed E-state index contributed by atoms with van der Waals surface area (Å²) in [7, 11) is 1.17. The van der Waals surface area contributed by atoms with Crippen LogP contribution in [-0.2, 0) is 28.7 Å². The Bertz CT molecular complexity index is 944. The van der Waals surface area contributed by atoms with Gasteiger partial charge in [0.2, 0.25) is 17.7 Å². The van der Waals surface area contributed by atoms with E-state index in [9.17, 15) is 29.1 Å². The summed E-state index contributed by atoms with van der Waals surface area (Å²) in [6, 6.07) is 3.25. The van der Waals surface area contributed by atoms with Gasteiger partial charge < -0.3 is 35.8 Å². The highest BCUT2D eigenvalue weighted by atomic mass is 16.6. The third-order valence-corrected chi connectivity index (χ3v) is 4.80. The molecule has 12 nitrogen and oxygen atoms in total. The number of phenolic OH excluding ortho intramolecular Hbond substituents is 1. The molecule has 1 rings (SSSR count). The first-order chi connectivity index (χ1) is 16.8. The lowest BCUT2D eigenvalue weighted by Gasteiger charge is -2.34. The van der Waals surface area contributed by atoms with Crippen molar-refractivity contribution in [3.63, 3.8) is 0 Å². The van der Waals surface area contributed by atoms with E-state index in [-0.39, 0.29) is 30.7 Å². The van der Waals surface area contributed by atoms with Gasteiger partial charge in [0.05, 0.1) is 7.11 Å². The monoisotopic (exact) mass is 508 g/mol. The fourth-order valence-corrected chi connectivity index (χ4v) is 3.30. The van der Waals surface area contributed by atoms with Gasteiger partial charge in [-0.05, 0) is 51.3 Å². The third kappa shape index (κ3) is 10.2. The molecule has 5 N–H and O–H groups in total. The molecule has 0 heterocycles. The number of rotatable bonds is 12. The topological polar surface area (TPSA) is 177 Å². The van der Waals surface area contributed by atoms with Crippen LogP contribution in [0, 0.1) is 0 Å². The number of alkyl carbamates (subject to hydrolysis) is 1. The molecular formula is C24H36N4O8. The molecule has 2 atom stereocenters. The number of phenols is 1. The lowest BCUT2D eigenvalue weighted by atomic mass is 10.0. The Balaban J connectivity index is 3.42. The highest BCUT2D eigenvalue weighted by molar-refractivity contribution is 5.93. The van der Waals surface area contributed by atoms with E-state index in [2.05, 4.69) is 15.4 Å². The van der Waals surface area contributed by atoms with Crippen molar-refractivity contribution in [3.8, 4) is 5.75 Å². The standard InChI is InChI=1S/C24H36N4O8/c1-6-12-28(22(33)17(10-11-18(25)30)27-23(34)36-24(2,3)4)20(15-8-7-9-16(29)13-15)21(32)26-14-19(31)35-5/h7-9,13,17,20,29H,6,10-12,14H2,1-5H3,(H2,25,30)(H,26,32)(H,27,34). The molecule has 0 aliphatic heterocycles. The van der Waals surface area contributed by atoms with Crippen LogP contribution in [-0.4, -0.2) is 71.6 Å². The van der Waals surface area contributed by atoms with Crippen LogP contribution in [0.4, 0.5) is 4.79 Å². The number of aromatic hydroxyl groups is 1. The molecule has 0 aliphatic rings. The van der Waals surface area contributed by atoms with Crippen LogP contribution in [0.25, 0.3) is 0 Å². The van der Waals surface area contributed by atoms with Gasteiger partial charge in [-0.1, -0.05) is 19.1 Å². The fraction of sp³-hybridized carbons (Fsp3) is 0.542. The number of primary amides is 1. The quantitative estimate of drug-likeness (QED) is 0.303. The van der Waals surface area contributed by atoms with E-state index in [0.717, 1.165) is 0 Å². The molecule has 0 aromatic heterocycles. The highest BCUT2D eigenvalue weighted by Crippen LogP contribution is 2.26. The van der Waals surface area contributed by atoms with E-state index in [4.69, 9.17) is 10.5 Å². The summed E-state index contributed by atoms with van der Waals surface area (Å²) in [5, 5.41) is 14.9. The van der Waals surface area contributed by atoms with E-state index in [1.165, 1.54) is 36.3 Å². The smallest absolute Gasteiger partial charge is 0.408 e. The minimum Gasteiger partial charge on any atom is -0.508 e. The van der Waals surface area contributed by atoms with E-state index in [1.807, 2.05) is 0 Å². The van der Waals surface area contributed by atoms with Gasteiger partial charge >= 0.3 is 12.1 Å². The number of hydrogen-bond donors (Lipinski definition) is 4. The van der Waals surface area contributed by atoms with Gasteiger partial charge in [-0.3, -0.25) is 19.2 Å². The summed E-state index contributed by atoms with van der Waals surface area (Å²) < 4.78 is 9.81. The van der Waals surface area contributed by atoms with Crippen molar-refractivity contribution in [2.75, 3.05) is 20.2 Å². The van der Waals surface area contributed by atoms with Gasteiger partial charge in [0.25, 0.3) is 0 Å². The summed E-state index contributed by atoms with van der Waals surface area (Å²) in [6.07, 6.45) is -0.798. The molecule has 4 amide bonds. The van der Waals surface area contributed by atoms with Crippen LogP contribution in [0.3, 0.4) is 0 Å². The van der Waals surface area contributed by atoms with Crippen molar-refractivity contribution in [1.82, 2.24) is 15.5 Å². The number of esters is 1. The Labute approximate surface area is 210 Å². The number of benzene rings is 1. The van der Waals surface area contributed by atoms with Crippen molar-refractivity contribution in [1.29, 1.82) is 0 Å². The normalized spacial score (nSPS) is 12.6. The molecule has 1 aromatic carbocycles. The van der Waals surface area contributed by atoms with Gasteiger partial charge in [-0.15, -0.1) is 0 Å². The molecule has 0 saturated carbocycles. The molecule has 1 aromatic rings. The predicted molar refractivity (Wildman–Crippen MR) is 129 cm³/mol. The number of ether oxygens (including phenoxy) is 2. The maximum atomic E-state index is 13.7. The Kier molecular flexibility index (Phi) is 11.7. The van der Waals surface area contributed by atoms with E-state index in [0.29, 0.717) is 6.42 Å². The van der Waals surface area contributed by atoms with Crippen LogP contribution in [0.1, 0.15) is 58.6 Å². The minimum absolute atomic E-state index is 0.0773. The van der Waals surface area contributed by atoms with Crippen molar-refractivity contribution in [2.24, 2.45) is 5.73 Å². The van der Waals surface area contributed by atoms with Crippen molar-refractivity contribution < 1.29 is 38.6 Å². The van der Waals surface area contributed by atoms with E-state index < -0.39 is 54.0 Å². The number of nitrogens with one attached hydrogen (secondary N) is 2. The van der Waals surface area contributed by atoms with Crippen molar-refractivity contribution >= 4 is 29.8 Å². The predicted octanol–water partition coefficient (Wildman–Crippen LogP) is 1.12. The number of carbonyl (C=O) groups excluding carboxylic acids is 5. The van der Waals surface area contributed by atoms with Gasteiger partial charge in [0.1, 0.15) is 30.0 Å². The van der Waals surface area contributed by atoms with Crippen molar-refractivity contribution in [3.05, 3.63) is 29.8 Å². The van der Waals surface area contributed by atoms with Gasteiger partial charge in [0.15, 0.2) is 0 Å².